The van der Waals surface area contributed by atoms with Crippen LogP contribution in [0.3, 0.4) is 0 Å². The van der Waals surface area contributed by atoms with Gasteiger partial charge in [-0.15, -0.1) is 11.3 Å². The Kier molecular flexibility index (Phi) is 6.60. The Morgan fingerprint density at radius 2 is 1.96 bits per heavy atom. The molecule has 0 aliphatic carbocycles. The number of aliphatic hydroxyl groups excluding tert-OH is 1. The maximum Gasteiger partial charge on any atom is 0.228 e. The van der Waals surface area contributed by atoms with Gasteiger partial charge in [-0.25, -0.2) is 9.37 Å². The van der Waals surface area contributed by atoms with E-state index in [1.165, 1.54) is 35.6 Å². The highest BCUT2D eigenvalue weighted by atomic mass is 32.1. The fourth-order valence-corrected chi connectivity index (χ4v) is 2.65. The van der Waals surface area contributed by atoms with Gasteiger partial charge < -0.3 is 15.7 Å². The third-order valence-corrected chi connectivity index (χ3v) is 4.20. The molecule has 2 aromatic rings. The van der Waals surface area contributed by atoms with Crippen LogP contribution in [0.4, 0.5) is 9.52 Å². The lowest BCUT2D eigenvalue weighted by Gasteiger charge is -2.12. The molecule has 0 radical (unpaired) electrons. The summed E-state index contributed by atoms with van der Waals surface area (Å²) in [5, 5.41) is 17.4. The van der Waals surface area contributed by atoms with Crippen LogP contribution in [-0.4, -0.2) is 28.4 Å². The van der Waals surface area contributed by atoms with Crippen LogP contribution in [0.2, 0.25) is 0 Å². The van der Waals surface area contributed by atoms with Crippen LogP contribution in [0.15, 0.2) is 29.6 Å². The minimum Gasteiger partial charge on any atom is -0.387 e. The third kappa shape index (κ3) is 5.91. The fourth-order valence-electron chi connectivity index (χ4n) is 1.94. The smallest absolute Gasteiger partial charge is 0.228 e. The van der Waals surface area contributed by atoms with Crippen molar-refractivity contribution in [3.8, 4) is 0 Å². The van der Waals surface area contributed by atoms with E-state index in [2.05, 4.69) is 15.6 Å². The maximum absolute atomic E-state index is 12.8. The van der Waals surface area contributed by atoms with Gasteiger partial charge in [0.2, 0.25) is 11.8 Å². The van der Waals surface area contributed by atoms with Crippen LogP contribution in [0.25, 0.3) is 0 Å². The Morgan fingerprint density at radius 3 is 2.60 bits per heavy atom. The number of thiazole rings is 1. The van der Waals surface area contributed by atoms with E-state index in [1.54, 1.807) is 19.2 Å². The van der Waals surface area contributed by atoms with E-state index in [-0.39, 0.29) is 36.5 Å². The van der Waals surface area contributed by atoms with Crippen molar-refractivity contribution in [3.05, 3.63) is 46.7 Å². The van der Waals surface area contributed by atoms with Crippen LogP contribution in [0.1, 0.15) is 31.2 Å². The zero-order chi connectivity index (χ0) is 18.4. The molecule has 0 bridgehead atoms. The van der Waals surface area contributed by atoms with Crippen LogP contribution in [0, 0.1) is 11.7 Å². The summed E-state index contributed by atoms with van der Waals surface area (Å²) in [5.41, 5.74) is 1.06. The van der Waals surface area contributed by atoms with Gasteiger partial charge in [-0.05, 0) is 17.7 Å². The predicted molar refractivity (Wildman–Crippen MR) is 93.7 cm³/mol. The molecule has 1 unspecified atom stereocenters. The summed E-state index contributed by atoms with van der Waals surface area (Å²) >= 11 is 1.25. The summed E-state index contributed by atoms with van der Waals surface area (Å²) in [6.07, 6.45) is -0.870. The standard InChI is InChI=1S/C17H20FN3O3S/c1-10(2)16(24)21-17-20-13(9-25-17)7-15(23)19-8-14(22)11-3-5-12(18)6-4-11/h3-6,9-10,14,22H,7-8H2,1-2H3,(H,19,23)(H,20,21,24). The molecule has 2 rings (SSSR count). The first-order valence-electron chi connectivity index (χ1n) is 7.80. The topological polar surface area (TPSA) is 91.3 Å². The van der Waals surface area contributed by atoms with Crippen LogP contribution in [0.5, 0.6) is 0 Å². The van der Waals surface area contributed by atoms with Gasteiger partial charge in [-0.2, -0.15) is 0 Å². The largest absolute Gasteiger partial charge is 0.387 e. The van der Waals surface area contributed by atoms with Gasteiger partial charge in [0.15, 0.2) is 5.13 Å². The number of aromatic nitrogens is 1. The van der Waals surface area contributed by atoms with Gasteiger partial charge in [-0.1, -0.05) is 26.0 Å². The van der Waals surface area contributed by atoms with Gasteiger partial charge in [0.25, 0.3) is 0 Å². The van der Waals surface area contributed by atoms with Crippen molar-refractivity contribution in [3.63, 3.8) is 0 Å². The lowest BCUT2D eigenvalue weighted by atomic mass is 10.1. The van der Waals surface area contributed by atoms with Crippen LogP contribution >= 0.6 is 11.3 Å². The van der Waals surface area contributed by atoms with Gasteiger partial charge in [-0.3, -0.25) is 9.59 Å². The lowest BCUT2D eigenvalue weighted by Crippen LogP contribution is -2.29. The minimum atomic E-state index is -0.916. The Bertz CT molecular complexity index is 731. The van der Waals surface area contributed by atoms with E-state index in [0.29, 0.717) is 16.4 Å². The number of carbonyl (C=O) groups excluding carboxylic acids is 2. The molecule has 134 valence electrons. The molecular formula is C17H20FN3O3S. The van der Waals surface area contributed by atoms with Crippen molar-refractivity contribution in [2.24, 2.45) is 5.92 Å². The number of nitrogens with one attached hydrogen (secondary N) is 2. The summed E-state index contributed by atoms with van der Waals surface area (Å²) in [6, 6.07) is 5.44. The van der Waals surface area contributed by atoms with Crippen molar-refractivity contribution >= 4 is 28.3 Å². The monoisotopic (exact) mass is 365 g/mol. The number of hydrogen-bond donors (Lipinski definition) is 3. The summed E-state index contributed by atoms with van der Waals surface area (Å²) in [5.74, 6) is -0.964. The molecule has 0 spiro atoms. The Labute approximate surface area is 149 Å². The molecule has 0 fully saturated rings. The quantitative estimate of drug-likeness (QED) is 0.702. The molecule has 1 aromatic heterocycles. The normalized spacial score (nSPS) is 12.0. The molecule has 0 aliphatic heterocycles. The predicted octanol–water partition coefficient (Wildman–Crippen LogP) is 2.27. The summed E-state index contributed by atoms with van der Waals surface area (Å²) in [7, 11) is 0. The first-order valence-corrected chi connectivity index (χ1v) is 8.68. The number of nitrogens with zero attached hydrogens (tertiary/aromatic N) is 1. The molecule has 0 saturated carbocycles. The van der Waals surface area contributed by atoms with E-state index in [4.69, 9.17) is 0 Å². The second kappa shape index (κ2) is 8.68. The van der Waals surface area contributed by atoms with Crippen molar-refractivity contribution < 1.29 is 19.1 Å². The summed E-state index contributed by atoms with van der Waals surface area (Å²) in [6.45, 7) is 3.58. The average molecular weight is 365 g/mol. The highest BCUT2D eigenvalue weighted by Gasteiger charge is 2.13. The Morgan fingerprint density at radius 1 is 1.28 bits per heavy atom. The SMILES string of the molecule is CC(C)C(=O)Nc1nc(CC(=O)NCC(O)c2ccc(F)cc2)cs1. The average Bonchev–Trinajstić information content (AvgIpc) is 3.00. The third-order valence-electron chi connectivity index (χ3n) is 3.40. The fraction of sp³-hybridized carbons (Fsp3) is 0.353. The highest BCUT2D eigenvalue weighted by molar-refractivity contribution is 7.13. The van der Waals surface area contributed by atoms with Gasteiger partial charge in [0.1, 0.15) is 5.82 Å². The number of halogens is 1. The number of carbonyl (C=O) groups is 2. The number of aliphatic hydroxyl groups is 1. The van der Waals surface area contributed by atoms with E-state index < -0.39 is 6.10 Å². The molecule has 1 aromatic carbocycles. The second-order valence-corrected chi connectivity index (χ2v) is 6.69. The van der Waals surface area contributed by atoms with Crippen molar-refractivity contribution in [1.29, 1.82) is 0 Å². The number of hydrogen-bond acceptors (Lipinski definition) is 5. The summed E-state index contributed by atoms with van der Waals surface area (Å²) in [4.78, 5) is 27.7. The zero-order valence-corrected chi connectivity index (χ0v) is 14.8. The van der Waals surface area contributed by atoms with Crippen molar-refractivity contribution in [2.75, 3.05) is 11.9 Å². The van der Waals surface area contributed by atoms with Crippen LogP contribution < -0.4 is 10.6 Å². The molecular weight excluding hydrogens is 345 g/mol. The van der Waals surface area contributed by atoms with Gasteiger partial charge in [0, 0.05) is 17.8 Å². The minimum absolute atomic E-state index is 0.0194. The van der Waals surface area contributed by atoms with E-state index >= 15 is 0 Å². The van der Waals surface area contributed by atoms with Crippen molar-refractivity contribution in [2.45, 2.75) is 26.4 Å². The maximum atomic E-state index is 12.8. The Hall–Kier alpha value is -2.32. The molecule has 2 amide bonds. The lowest BCUT2D eigenvalue weighted by molar-refractivity contribution is -0.121. The zero-order valence-electron chi connectivity index (χ0n) is 14.0. The van der Waals surface area contributed by atoms with Crippen molar-refractivity contribution in [1.82, 2.24) is 10.3 Å². The molecule has 25 heavy (non-hydrogen) atoms. The van der Waals surface area contributed by atoms with Crippen LogP contribution in [-0.2, 0) is 16.0 Å². The molecule has 0 aliphatic rings. The van der Waals surface area contributed by atoms with Gasteiger partial charge >= 0.3 is 0 Å². The van der Waals surface area contributed by atoms with E-state index in [9.17, 15) is 19.1 Å². The molecule has 0 saturated heterocycles. The molecule has 3 N–H and O–H groups in total. The number of anilines is 1. The summed E-state index contributed by atoms with van der Waals surface area (Å²) < 4.78 is 12.8. The number of amides is 2. The number of rotatable bonds is 7. The number of benzene rings is 1. The van der Waals surface area contributed by atoms with Gasteiger partial charge in [0.05, 0.1) is 18.2 Å². The second-order valence-electron chi connectivity index (χ2n) is 5.84. The molecule has 1 heterocycles. The molecule has 1 atom stereocenters. The molecule has 8 heteroatoms. The molecule has 6 nitrogen and oxygen atoms in total. The van der Waals surface area contributed by atoms with E-state index in [0.717, 1.165) is 0 Å². The first kappa shape index (κ1) is 19.0. The first-order chi connectivity index (χ1) is 11.8. The van der Waals surface area contributed by atoms with E-state index in [1.807, 2.05) is 0 Å². The highest BCUT2D eigenvalue weighted by Crippen LogP contribution is 2.17. The Balaban J connectivity index is 1.81.